The number of thioether (sulfide) groups is 1. The summed E-state index contributed by atoms with van der Waals surface area (Å²) >= 11 is 1.40. The number of fused-ring (bicyclic) bond motifs is 4. The Morgan fingerprint density at radius 3 is 2.90 bits per heavy atom. The Bertz CT molecular complexity index is 1270. The molecule has 1 aliphatic rings. The molecular weight excluding hydrogens is 400 g/mol. The van der Waals surface area contributed by atoms with Gasteiger partial charge in [-0.3, -0.25) is 9.20 Å². The van der Waals surface area contributed by atoms with Gasteiger partial charge in [0.25, 0.3) is 0 Å². The summed E-state index contributed by atoms with van der Waals surface area (Å²) in [7, 11) is 0. The number of nitrogens with zero attached hydrogens (tertiary/aromatic N) is 3. The van der Waals surface area contributed by atoms with Gasteiger partial charge in [0.05, 0.1) is 10.8 Å². The number of carbonyl (C=O) groups is 1. The van der Waals surface area contributed by atoms with Crippen LogP contribution in [0.5, 0.6) is 11.5 Å². The molecule has 1 amide bonds. The number of ether oxygens (including phenoxy) is 2. The molecule has 7 nitrogen and oxygen atoms in total. The summed E-state index contributed by atoms with van der Waals surface area (Å²) in [6.45, 7) is 4.59. The van der Waals surface area contributed by atoms with Crippen LogP contribution in [0.2, 0.25) is 0 Å². The maximum Gasteiger partial charge on any atom is 0.233 e. The Hall–Kier alpha value is -3.26. The molecule has 1 unspecified atom stereocenters. The Labute approximate surface area is 177 Å². The van der Waals surface area contributed by atoms with Crippen molar-refractivity contribution in [3.63, 3.8) is 0 Å². The van der Waals surface area contributed by atoms with E-state index in [4.69, 9.17) is 9.47 Å². The summed E-state index contributed by atoms with van der Waals surface area (Å²) in [4.78, 5) is 12.7. The number of aromatic nitrogens is 3. The van der Waals surface area contributed by atoms with E-state index in [1.54, 1.807) is 0 Å². The van der Waals surface area contributed by atoms with Crippen LogP contribution in [0, 0.1) is 6.92 Å². The summed E-state index contributed by atoms with van der Waals surface area (Å²) in [5.41, 5.74) is 3.92. The number of benzene rings is 2. The standard InChI is InChI=1S/C22H20N4O3S/c1-13-9-20-24-25-22(26(20)17-6-4-3-5-16(13)17)30-14(2)21(27)23-11-15-7-8-18-19(10-15)29-12-28-18/h3-10,14H,11-12H2,1-2H3,(H,23,27). The Morgan fingerprint density at radius 2 is 2.00 bits per heavy atom. The first kappa shape index (κ1) is 18.7. The molecule has 5 rings (SSSR count). The monoisotopic (exact) mass is 420 g/mol. The highest BCUT2D eigenvalue weighted by atomic mass is 32.2. The van der Waals surface area contributed by atoms with E-state index in [2.05, 4.69) is 28.5 Å². The summed E-state index contributed by atoms with van der Waals surface area (Å²) in [5.74, 6) is 1.38. The quantitative estimate of drug-likeness (QED) is 0.496. The smallest absolute Gasteiger partial charge is 0.233 e. The normalized spacial score (nSPS) is 13.7. The third kappa shape index (κ3) is 3.33. The summed E-state index contributed by atoms with van der Waals surface area (Å²) in [6.07, 6.45) is 0. The Morgan fingerprint density at radius 1 is 1.17 bits per heavy atom. The zero-order valence-electron chi connectivity index (χ0n) is 16.6. The fourth-order valence-corrected chi connectivity index (χ4v) is 4.44. The number of pyridine rings is 1. The summed E-state index contributed by atoms with van der Waals surface area (Å²) in [5, 5.41) is 13.1. The van der Waals surface area contributed by atoms with Crippen LogP contribution in [0.15, 0.2) is 53.7 Å². The zero-order chi connectivity index (χ0) is 20.7. The highest BCUT2D eigenvalue weighted by Crippen LogP contribution is 2.32. The summed E-state index contributed by atoms with van der Waals surface area (Å²) < 4.78 is 12.7. The molecule has 3 heterocycles. The maximum absolute atomic E-state index is 12.7. The van der Waals surface area contributed by atoms with Gasteiger partial charge in [-0.1, -0.05) is 36.0 Å². The number of aryl methyl sites for hydroxylation is 1. The molecule has 4 aromatic rings. The number of para-hydroxylation sites is 1. The molecular formula is C22H20N4O3S. The van der Waals surface area contributed by atoms with Crippen LogP contribution in [0.4, 0.5) is 0 Å². The summed E-state index contributed by atoms with van der Waals surface area (Å²) in [6, 6.07) is 15.8. The minimum absolute atomic E-state index is 0.0640. The van der Waals surface area contributed by atoms with Crippen molar-refractivity contribution in [2.24, 2.45) is 0 Å². The van der Waals surface area contributed by atoms with Crippen LogP contribution in [-0.4, -0.2) is 32.5 Å². The molecule has 1 aliphatic heterocycles. The second-order valence-corrected chi connectivity index (χ2v) is 8.49. The number of hydrogen-bond acceptors (Lipinski definition) is 6. The number of amides is 1. The van der Waals surface area contributed by atoms with E-state index in [9.17, 15) is 4.79 Å². The fourth-order valence-electron chi connectivity index (χ4n) is 3.55. The Balaban J connectivity index is 1.32. The van der Waals surface area contributed by atoms with Crippen molar-refractivity contribution in [3.8, 4) is 11.5 Å². The first-order valence-corrected chi connectivity index (χ1v) is 10.5. The van der Waals surface area contributed by atoms with Gasteiger partial charge < -0.3 is 14.8 Å². The molecule has 2 aromatic carbocycles. The van der Waals surface area contributed by atoms with Crippen LogP contribution in [0.25, 0.3) is 16.6 Å². The largest absolute Gasteiger partial charge is 0.454 e. The first-order chi connectivity index (χ1) is 14.6. The van der Waals surface area contributed by atoms with E-state index in [-0.39, 0.29) is 18.0 Å². The van der Waals surface area contributed by atoms with Crippen molar-refractivity contribution in [2.45, 2.75) is 30.8 Å². The van der Waals surface area contributed by atoms with Crippen LogP contribution in [-0.2, 0) is 11.3 Å². The molecule has 0 fully saturated rings. The first-order valence-electron chi connectivity index (χ1n) is 9.66. The molecule has 0 radical (unpaired) electrons. The third-order valence-electron chi connectivity index (χ3n) is 5.13. The molecule has 0 saturated carbocycles. The fraction of sp³-hybridized carbons (Fsp3) is 0.227. The van der Waals surface area contributed by atoms with Gasteiger partial charge in [-0.05, 0) is 49.2 Å². The highest BCUT2D eigenvalue weighted by Gasteiger charge is 2.20. The van der Waals surface area contributed by atoms with Gasteiger partial charge in [-0.2, -0.15) is 0 Å². The molecule has 0 bridgehead atoms. The minimum Gasteiger partial charge on any atom is -0.454 e. The number of carbonyl (C=O) groups excluding carboxylic acids is 1. The second kappa shape index (κ2) is 7.53. The van der Waals surface area contributed by atoms with Gasteiger partial charge in [0, 0.05) is 11.9 Å². The lowest BCUT2D eigenvalue weighted by Gasteiger charge is -2.12. The molecule has 0 spiro atoms. The molecule has 8 heteroatoms. The van der Waals surface area contributed by atoms with Crippen LogP contribution >= 0.6 is 11.8 Å². The third-order valence-corrected chi connectivity index (χ3v) is 6.17. The lowest BCUT2D eigenvalue weighted by Crippen LogP contribution is -2.30. The Kier molecular flexibility index (Phi) is 4.71. The molecule has 0 saturated heterocycles. The molecule has 30 heavy (non-hydrogen) atoms. The lowest BCUT2D eigenvalue weighted by atomic mass is 10.1. The lowest BCUT2D eigenvalue weighted by molar-refractivity contribution is -0.120. The predicted octanol–water partition coefficient (Wildman–Crippen LogP) is 3.72. The van der Waals surface area contributed by atoms with E-state index >= 15 is 0 Å². The van der Waals surface area contributed by atoms with Crippen molar-refractivity contribution in [3.05, 3.63) is 59.7 Å². The highest BCUT2D eigenvalue weighted by molar-refractivity contribution is 8.00. The molecule has 1 N–H and O–H groups in total. The van der Waals surface area contributed by atoms with Crippen molar-refractivity contribution in [2.75, 3.05) is 6.79 Å². The van der Waals surface area contributed by atoms with Crippen molar-refractivity contribution >= 4 is 34.2 Å². The van der Waals surface area contributed by atoms with Crippen molar-refractivity contribution in [1.29, 1.82) is 0 Å². The minimum atomic E-state index is -0.327. The molecule has 152 valence electrons. The van der Waals surface area contributed by atoms with Gasteiger partial charge in [-0.25, -0.2) is 0 Å². The number of rotatable bonds is 5. The van der Waals surface area contributed by atoms with Gasteiger partial charge in [0.15, 0.2) is 22.3 Å². The van der Waals surface area contributed by atoms with Gasteiger partial charge in [0.1, 0.15) is 0 Å². The SMILES string of the molecule is Cc1cc2nnc(SC(C)C(=O)NCc3ccc4c(c3)OCO4)n2c2ccccc12. The average Bonchev–Trinajstić information content (AvgIpc) is 3.38. The number of hydrogen-bond donors (Lipinski definition) is 1. The van der Waals surface area contributed by atoms with E-state index in [1.807, 2.05) is 53.8 Å². The second-order valence-electron chi connectivity index (χ2n) is 7.19. The molecule has 1 atom stereocenters. The molecule has 2 aromatic heterocycles. The predicted molar refractivity (Wildman–Crippen MR) is 115 cm³/mol. The van der Waals surface area contributed by atoms with Crippen molar-refractivity contribution < 1.29 is 14.3 Å². The van der Waals surface area contributed by atoms with E-state index in [0.717, 1.165) is 33.4 Å². The molecule has 0 aliphatic carbocycles. The van der Waals surface area contributed by atoms with E-state index in [0.29, 0.717) is 17.5 Å². The van der Waals surface area contributed by atoms with E-state index < -0.39 is 0 Å². The van der Waals surface area contributed by atoms with E-state index in [1.165, 1.54) is 11.8 Å². The van der Waals surface area contributed by atoms with Crippen LogP contribution < -0.4 is 14.8 Å². The number of nitrogens with one attached hydrogen (secondary N) is 1. The van der Waals surface area contributed by atoms with Crippen LogP contribution in [0.1, 0.15) is 18.1 Å². The van der Waals surface area contributed by atoms with Crippen LogP contribution in [0.3, 0.4) is 0 Å². The topological polar surface area (TPSA) is 77.8 Å². The van der Waals surface area contributed by atoms with Crippen molar-refractivity contribution in [1.82, 2.24) is 19.9 Å². The van der Waals surface area contributed by atoms with Gasteiger partial charge in [0.2, 0.25) is 12.7 Å². The zero-order valence-corrected chi connectivity index (χ0v) is 17.4. The van der Waals surface area contributed by atoms with Gasteiger partial charge in [-0.15, -0.1) is 10.2 Å². The van der Waals surface area contributed by atoms with Gasteiger partial charge >= 0.3 is 0 Å². The maximum atomic E-state index is 12.7. The average molecular weight is 420 g/mol.